The van der Waals surface area contributed by atoms with Gasteiger partial charge in [-0.1, -0.05) is 0 Å². The summed E-state index contributed by atoms with van der Waals surface area (Å²) in [6.07, 6.45) is 4.74. The summed E-state index contributed by atoms with van der Waals surface area (Å²) in [4.78, 5) is 26.6. The molecule has 28 heavy (non-hydrogen) atoms. The molecule has 0 saturated carbocycles. The highest BCUT2D eigenvalue weighted by Gasteiger charge is 2.27. The number of thiophene rings is 1. The monoisotopic (exact) mass is 401 g/mol. The molecule has 0 saturated heterocycles. The van der Waals surface area contributed by atoms with Gasteiger partial charge in [0.25, 0.3) is 5.91 Å². The Hall–Kier alpha value is -2.54. The number of aryl methyl sites for hydroxylation is 1. The summed E-state index contributed by atoms with van der Waals surface area (Å²) in [6.45, 7) is 3.25. The SMILES string of the molecule is CCOC(=O)c1c(NC(=O)c2ccc3c(c2)OCCCO3)sc2c1CCCC2. The van der Waals surface area contributed by atoms with Gasteiger partial charge >= 0.3 is 5.97 Å². The number of benzene rings is 1. The van der Waals surface area contributed by atoms with Gasteiger partial charge in [0.15, 0.2) is 11.5 Å². The van der Waals surface area contributed by atoms with Gasteiger partial charge in [0, 0.05) is 16.9 Å². The lowest BCUT2D eigenvalue weighted by molar-refractivity contribution is 0.0526. The smallest absolute Gasteiger partial charge is 0.341 e. The molecule has 0 radical (unpaired) electrons. The summed E-state index contributed by atoms with van der Waals surface area (Å²) >= 11 is 1.48. The number of rotatable bonds is 4. The van der Waals surface area contributed by atoms with Gasteiger partial charge in [-0.3, -0.25) is 4.79 Å². The number of hydrogen-bond donors (Lipinski definition) is 1. The van der Waals surface area contributed by atoms with Crippen LogP contribution >= 0.6 is 11.3 Å². The molecule has 2 heterocycles. The molecule has 0 bridgehead atoms. The second-order valence-corrected chi connectivity index (χ2v) is 7.91. The van der Waals surface area contributed by atoms with Crippen LogP contribution in [0.2, 0.25) is 0 Å². The van der Waals surface area contributed by atoms with Crippen molar-refractivity contribution < 1.29 is 23.8 Å². The Morgan fingerprint density at radius 1 is 1.11 bits per heavy atom. The maximum absolute atomic E-state index is 12.9. The quantitative estimate of drug-likeness (QED) is 0.777. The Morgan fingerprint density at radius 3 is 2.71 bits per heavy atom. The maximum Gasteiger partial charge on any atom is 0.341 e. The van der Waals surface area contributed by atoms with Gasteiger partial charge in [0.1, 0.15) is 5.00 Å². The zero-order valence-corrected chi connectivity index (χ0v) is 16.7. The largest absolute Gasteiger partial charge is 0.490 e. The number of ether oxygens (including phenoxy) is 3. The average Bonchev–Trinajstić information content (AvgIpc) is 2.89. The second-order valence-electron chi connectivity index (χ2n) is 6.80. The summed E-state index contributed by atoms with van der Waals surface area (Å²) in [5.74, 6) is 0.574. The predicted molar refractivity (Wildman–Crippen MR) is 107 cm³/mol. The van der Waals surface area contributed by atoms with Crippen LogP contribution in [-0.2, 0) is 17.6 Å². The van der Waals surface area contributed by atoms with Crippen molar-refractivity contribution in [3.05, 3.63) is 39.8 Å². The van der Waals surface area contributed by atoms with Crippen molar-refractivity contribution in [2.45, 2.75) is 39.0 Å². The number of nitrogens with one attached hydrogen (secondary N) is 1. The van der Waals surface area contributed by atoms with Gasteiger partial charge in [-0.25, -0.2) is 4.79 Å². The summed E-state index contributed by atoms with van der Waals surface area (Å²) < 4.78 is 16.5. The summed E-state index contributed by atoms with van der Waals surface area (Å²) in [7, 11) is 0. The third-order valence-corrected chi connectivity index (χ3v) is 6.09. The minimum Gasteiger partial charge on any atom is -0.490 e. The van der Waals surface area contributed by atoms with Crippen molar-refractivity contribution in [3.63, 3.8) is 0 Å². The molecule has 1 N–H and O–H groups in total. The molecule has 1 amide bonds. The first-order chi connectivity index (χ1) is 13.7. The van der Waals surface area contributed by atoms with Crippen LogP contribution in [0.15, 0.2) is 18.2 Å². The van der Waals surface area contributed by atoms with E-state index in [2.05, 4.69) is 5.32 Å². The molecular weight excluding hydrogens is 378 g/mol. The highest BCUT2D eigenvalue weighted by molar-refractivity contribution is 7.17. The van der Waals surface area contributed by atoms with Crippen molar-refractivity contribution in [1.82, 2.24) is 0 Å². The molecule has 7 heteroatoms. The van der Waals surface area contributed by atoms with Crippen molar-refractivity contribution in [2.75, 3.05) is 25.1 Å². The first-order valence-electron chi connectivity index (χ1n) is 9.70. The third kappa shape index (κ3) is 3.71. The van der Waals surface area contributed by atoms with Crippen LogP contribution < -0.4 is 14.8 Å². The molecule has 0 unspecified atom stereocenters. The topological polar surface area (TPSA) is 73.9 Å². The van der Waals surface area contributed by atoms with E-state index in [1.54, 1.807) is 25.1 Å². The van der Waals surface area contributed by atoms with E-state index in [-0.39, 0.29) is 11.9 Å². The zero-order chi connectivity index (χ0) is 19.5. The summed E-state index contributed by atoms with van der Waals surface area (Å²) in [5.41, 5.74) is 2.01. The lowest BCUT2D eigenvalue weighted by Gasteiger charge is -2.12. The van der Waals surface area contributed by atoms with E-state index in [0.717, 1.165) is 37.7 Å². The van der Waals surface area contributed by atoms with Crippen LogP contribution in [0.4, 0.5) is 5.00 Å². The van der Waals surface area contributed by atoms with Gasteiger partial charge in [0.2, 0.25) is 0 Å². The molecular formula is C21H23NO5S. The number of esters is 1. The number of carbonyl (C=O) groups excluding carboxylic acids is 2. The maximum atomic E-state index is 12.9. The average molecular weight is 401 g/mol. The van der Waals surface area contributed by atoms with E-state index in [1.807, 2.05) is 0 Å². The molecule has 0 spiro atoms. The fourth-order valence-electron chi connectivity index (χ4n) is 3.55. The molecule has 6 nitrogen and oxygen atoms in total. The second kappa shape index (κ2) is 8.22. The van der Waals surface area contributed by atoms with E-state index in [0.29, 0.717) is 47.4 Å². The van der Waals surface area contributed by atoms with Crippen molar-refractivity contribution in [2.24, 2.45) is 0 Å². The standard InChI is InChI=1S/C21H23NO5S/c1-2-25-21(24)18-14-6-3-4-7-17(14)28-20(18)22-19(23)13-8-9-15-16(12-13)27-11-5-10-26-15/h8-9,12H,2-7,10-11H2,1H3,(H,22,23). The summed E-state index contributed by atoms with van der Waals surface area (Å²) in [5, 5.41) is 3.50. The van der Waals surface area contributed by atoms with Crippen molar-refractivity contribution >= 4 is 28.2 Å². The van der Waals surface area contributed by atoms with Gasteiger partial charge in [-0.2, -0.15) is 0 Å². The van der Waals surface area contributed by atoms with Crippen LogP contribution in [0.3, 0.4) is 0 Å². The Morgan fingerprint density at radius 2 is 1.89 bits per heavy atom. The molecule has 1 aliphatic heterocycles. The fraction of sp³-hybridized carbons (Fsp3) is 0.429. The number of fused-ring (bicyclic) bond motifs is 2. The van der Waals surface area contributed by atoms with E-state index < -0.39 is 0 Å². The highest BCUT2D eigenvalue weighted by atomic mass is 32.1. The van der Waals surface area contributed by atoms with Gasteiger partial charge in [-0.05, 0) is 56.4 Å². The molecule has 2 aromatic rings. The minimum atomic E-state index is -0.365. The Balaban J connectivity index is 1.62. The van der Waals surface area contributed by atoms with Gasteiger partial charge < -0.3 is 19.5 Å². The van der Waals surface area contributed by atoms with Crippen LogP contribution in [0.1, 0.15) is 57.3 Å². The van der Waals surface area contributed by atoms with E-state index in [9.17, 15) is 9.59 Å². The fourth-order valence-corrected chi connectivity index (χ4v) is 4.83. The number of carbonyl (C=O) groups is 2. The van der Waals surface area contributed by atoms with Crippen LogP contribution in [0, 0.1) is 0 Å². The number of hydrogen-bond acceptors (Lipinski definition) is 6. The molecule has 148 valence electrons. The normalized spacial score (nSPS) is 15.3. The molecule has 1 aliphatic carbocycles. The van der Waals surface area contributed by atoms with Crippen LogP contribution in [-0.4, -0.2) is 31.7 Å². The van der Waals surface area contributed by atoms with Crippen LogP contribution in [0.5, 0.6) is 11.5 Å². The van der Waals surface area contributed by atoms with Crippen molar-refractivity contribution in [1.29, 1.82) is 0 Å². The molecule has 0 fully saturated rings. The molecule has 1 aromatic carbocycles. The third-order valence-electron chi connectivity index (χ3n) is 4.89. The first kappa shape index (κ1) is 18.8. The van der Waals surface area contributed by atoms with Gasteiger partial charge in [0.05, 0.1) is 25.4 Å². The summed E-state index contributed by atoms with van der Waals surface area (Å²) in [6, 6.07) is 5.15. The lowest BCUT2D eigenvalue weighted by atomic mass is 9.95. The van der Waals surface area contributed by atoms with E-state index in [1.165, 1.54) is 16.2 Å². The molecule has 2 aliphatic rings. The van der Waals surface area contributed by atoms with Crippen molar-refractivity contribution in [3.8, 4) is 11.5 Å². The van der Waals surface area contributed by atoms with Gasteiger partial charge in [-0.15, -0.1) is 11.3 Å². The Kier molecular flexibility index (Phi) is 5.52. The Bertz CT molecular complexity index is 904. The van der Waals surface area contributed by atoms with Crippen LogP contribution in [0.25, 0.3) is 0 Å². The zero-order valence-electron chi connectivity index (χ0n) is 15.8. The van der Waals surface area contributed by atoms with E-state index in [4.69, 9.17) is 14.2 Å². The molecule has 0 atom stereocenters. The highest BCUT2D eigenvalue weighted by Crippen LogP contribution is 2.39. The lowest BCUT2D eigenvalue weighted by Crippen LogP contribution is -2.16. The molecule has 1 aromatic heterocycles. The number of anilines is 1. The Labute approximate surface area is 167 Å². The molecule has 4 rings (SSSR count). The minimum absolute atomic E-state index is 0.278. The predicted octanol–water partition coefficient (Wildman–Crippen LogP) is 4.22. The first-order valence-corrected chi connectivity index (χ1v) is 10.5. The van der Waals surface area contributed by atoms with E-state index >= 15 is 0 Å². The number of amides is 1.